The number of para-hydroxylation sites is 1. The van der Waals surface area contributed by atoms with Crippen LogP contribution in [0.1, 0.15) is 19.8 Å². The van der Waals surface area contributed by atoms with E-state index in [0.717, 1.165) is 22.3 Å². The topological polar surface area (TPSA) is 94.8 Å². The summed E-state index contributed by atoms with van der Waals surface area (Å²) >= 11 is 1.26. The lowest BCUT2D eigenvalue weighted by molar-refractivity contribution is -0.143. The zero-order valence-electron chi connectivity index (χ0n) is 16.8. The van der Waals surface area contributed by atoms with Gasteiger partial charge < -0.3 is 9.30 Å². The molecule has 0 saturated heterocycles. The first-order chi connectivity index (χ1) is 14.8. The van der Waals surface area contributed by atoms with Crippen molar-refractivity contribution in [2.45, 2.75) is 31.2 Å². The normalized spacial score (nSPS) is 12.3. The molecule has 10 heteroatoms. The third kappa shape index (κ3) is 5.86. The van der Waals surface area contributed by atoms with E-state index in [2.05, 4.69) is 4.99 Å². The molecule has 0 radical (unpaired) electrons. The Morgan fingerprint density at radius 3 is 2.55 bits per heavy atom. The monoisotopic (exact) mass is 464 g/mol. The van der Waals surface area contributed by atoms with Crippen LogP contribution in [-0.4, -0.2) is 37.2 Å². The number of esters is 1. The number of rotatable bonds is 8. The van der Waals surface area contributed by atoms with Gasteiger partial charge in [0, 0.05) is 6.42 Å². The Morgan fingerprint density at radius 1 is 1.13 bits per heavy atom. The lowest BCUT2D eigenvalue weighted by Gasteiger charge is -2.05. The number of carbonyl (C=O) groups excluding carboxylic acids is 2. The Morgan fingerprint density at radius 2 is 1.84 bits per heavy atom. The molecule has 0 saturated carbocycles. The van der Waals surface area contributed by atoms with Crippen molar-refractivity contribution in [3.8, 4) is 0 Å². The summed E-state index contributed by atoms with van der Waals surface area (Å²) in [5.74, 6) is -1.70. The summed E-state index contributed by atoms with van der Waals surface area (Å²) in [6, 6.07) is 11.9. The standard InChI is InChI=1S/C21H21FN2O5S2/c1-2-29-20(26)14-24-17-6-3-4-7-18(17)30-21(24)23-19(25)8-5-13-31(27,28)16-11-9-15(22)10-12-16/h3-4,6-7,9-12H,2,5,8,13-14H2,1H3. The first-order valence-corrected chi connectivity index (χ1v) is 12.1. The number of hydrogen-bond acceptors (Lipinski definition) is 6. The molecule has 0 aliphatic heterocycles. The lowest BCUT2D eigenvalue weighted by atomic mass is 10.3. The Kier molecular flexibility index (Phi) is 7.34. The number of amides is 1. The van der Waals surface area contributed by atoms with Crippen LogP contribution in [-0.2, 0) is 30.7 Å². The number of ether oxygens (including phenoxy) is 1. The molecular formula is C21H21FN2O5S2. The molecule has 31 heavy (non-hydrogen) atoms. The van der Waals surface area contributed by atoms with E-state index in [1.54, 1.807) is 11.5 Å². The Labute approximate surface area is 182 Å². The van der Waals surface area contributed by atoms with Crippen molar-refractivity contribution in [2.24, 2.45) is 4.99 Å². The fourth-order valence-electron chi connectivity index (χ4n) is 2.93. The number of hydrogen-bond donors (Lipinski definition) is 0. The van der Waals surface area contributed by atoms with Gasteiger partial charge in [0.25, 0.3) is 0 Å². The average molecular weight is 465 g/mol. The third-order valence-corrected chi connectivity index (χ3v) is 7.25. The highest BCUT2D eigenvalue weighted by atomic mass is 32.2. The van der Waals surface area contributed by atoms with E-state index in [1.165, 1.54) is 23.5 Å². The van der Waals surface area contributed by atoms with Crippen molar-refractivity contribution < 1.29 is 27.1 Å². The van der Waals surface area contributed by atoms with Gasteiger partial charge in [-0.3, -0.25) is 9.59 Å². The van der Waals surface area contributed by atoms with E-state index in [1.807, 2.05) is 24.3 Å². The van der Waals surface area contributed by atoms with Crippen LogP contribution in [0.15, 0.2) is 58.4 Å². The Balaban J connectivity index is 1.74. The lowest BCUT2D eigenvalue weighted by Crippen LogP contribution is -2.23. The quantitative estimate of drug-likeness (QED) is 0.377. The average Bonchev–Trinajstić information content (AvgIpc) is 3.05. The number of carbonyl (C=O) groups is 2. The highest BCUT2D eigenvalue weighted by molar-refractivity contribution is 7.91. The van der Waals surface area contributed by atoms with Crippen LogP contribution in [0.2, 0.25) is 0 Å². The fraction of sp³-hybridized carbons (Fsp3) is 0.286. The molecule has 1 aromatic heterocycles. The van der Waals surface area contributed by atoms with Crippen LogP contribution >= 0.6 is 11.3 Å². The SMILES string of the molecule is CCOC(=O)Cn1c(=NC(=O)CCCS(=O)(=O)c2ccc(F)cc2)sc2ccccc21. The number of halogens is 1. The number of thiazole rings is 1. The molecule has 2 aromatic carbocycles. The van der Waals surface area contributed by atoms with Crippen molar-refractivity contribution in [3.05, 3.63) is 59.1 Å². The molecule has 0 bridgehead atoms. The Bertz CT molecular complexity index is 1260. The smallest absolute Gasteiger partial charge is 0.326 e. The molecule has 164 valence electrons. The highest BCUT2D eigenvalue weighted by Crippen LogP contribution is 2.17. The summed E-state index contributed by atoms with van der Waals surface area (Å²) in [6.45, 7) is 1.88. The molecular weight excluding hydrogens is 443 g/mol. The van der Waals surface area contributed by atoms with Gasteiger partial charge in [-0.2, -0.15) is 4.99 Å². The molecule has 0 aliphatic rings. The van der Waals surface area contributed by atoms with Gasteiger partial charge in [-0.1, -0.05) is 23.5 Å². The molecule has 0 aliphatic carbocycles. The largest absolute Gasteiger partial charge is 0.465 e. The zero-order chi connectivity index (χ0) is 22.4. The maximum absolute atomic E-state index is 13.0. The van der Waals surface area contributed by atoms with E-state index in [9.17, 15) is 22.4 Å². The summed E-state index contributed by atoms with van der Waals surface area (Å²) in [6.07, 6.45) is -0.00110. The first kappa shape index (κ1) is 22.8. The van der Waals surface area contributed by atoms with E-state index in [0.29, 0.717) is 4.80 Å². The van der Waals surface area contributed by atoms with Crippen LogP contribution in [0, 0.1) is 5.82 Å². The van der Waals surface area contributed by atoms with Gasteiger partial charge in [0.05, 0.1) is 27.5 Å². The maximum Gasteiger partial charge on any atom is 0.326 e. The van der Waals surface area contributed by atoms with Crippen LogP contribution in [0.3, 0.4) is 0 Å². The number of benzene rings is 2. The number of aromatic nitrogens is 1. The highest BCUT2D eigenvalue weighted by Gasteiger charge is 2.16. The summed E-state index contributed by atoms with van der Waals surface area (Å²) in [4.78, 5) is 28.8. The van der Waals surface area contributed by atoms with Crippen molar-refractivity contribution in [1.82, 2.24) is 4.57 Å². The van der Waals surface area contributed by atoms with Crippen LogP contribution < -0.4 is 4.80 Å². The van der Waals surface area contributed by atoms with Crippen molar-refractivity contribution in [1.29, 1.82) is 0 Å². The van der Waals surface area contributed by atoms with E-state index >= 15 is 0 Å². The number of nitrogens with zero attached hydrogens (tertiary/aromatic N) is 2. The molecule has 0 atom stereocenters. The van der Waals surface area contributed by atoms with Crippen molar-refractivity contribution in [2.75, 3.05) is 12.4 Å². The van der Waals surface area contributed by atoms with Gasteiger partial charge in [-0.15, -0.1) is 0 Å². The second-order valence-corrected chi connectivity index (χ2v) is 9.74. The second kappa shape index (κ2) is 9.97. The van der Waals surface area contributed by atoms with Gasteiger partial charge >= 0.3 is 5.97 Å². The van der Waals surface area contributed by atoms with Crippen molar-refractivity contribution >= 4 is 43.3 Å². The fourth-order valence-corrected chi connectivity index (χ4v) is 5.29. The van der Waals surface area contributed by atoms with E-state index in [4.69, 9.17) is 4.74 Å². The van der Waals surface area contributed by atoms with E-state index < -0.39 is 27.5 Å². The van der Waals surface area contributed by atoms with Gasteiger partial charge in [-0.05, 0) is 49.7 Å². The minimum atomic E-state index is -3.62. The molecule has 7 nitrogen and oxygen atoms in total. The van der Waals surface area contributed by atoms with E-state index in [-0.39, 0.29) is 36.6 Å². The number of fused-ring (bicyclic) bond motifs is 1. The molecule has 3 rings (SSSR count). The Hall–Kier alpha value is -2.85. The maximum atomic E-state index is 13.0. The van der Waals surface area contributed by atoms with Crippen LogP contribution in [0.5, 0.6) is 0 Å². The summed E-state index contributed by atoms with van der Waals surface area (Å²) < 4.78 is 45.1. The molecule has 0 N–H and O–H groups in total. The molecule has 3 aromatic rings. The van der Waals surface area contributed by atoms with Gasteiger partial charge in [-0.25, -0.2) is 12.8 Å². The van der Waals surface area contributed by atoms with Crippen molar-refractivity contribution in [3.63, 3.8) is 0 Å². The van der Waals surface area contributed by atoms with Gasteiger partial charge in [0.1, 0.15) is 12.4 Å². The predicted octanol–water partition coefficient (Wildman–Crippen LogP) is 3.09. The molecule has 1 amide bonds. The molecule has 0 spiro atoms. The summed E-state index contributed by atoms with van der Waals surface area (Å²) in [5, 5.41) is 0. The second-order valence-electron chi connectivity index (χ2n) is 6.63. The molecule has 0 fully saturated rings. The summed E-state index contributed by atoms with van der Waals surface area (Å²) in [7, 11) is -3.62. The number of sulfone groups is 1. The first-order valence-electron chi connectivity index (χ1n) is 9.60. The predicted molar refractivity (Wildman–Crippen MR) is 115 cm³/mol. The zero-order valence-corrected chi connectivity index (χ0v) is 18.4. The van der Waals surface area contributed by atoms with Gasteiger partial charge in [0.15, 0.2) is 14.6 Å². The third-order valence-electron chi connectivity index (χ3n) is 4.38. The molecule has 0 unspecified atom stereocenters. The van der Waals surface area contributed by atoms with Crippen LogP contribution in [0.4, 0.5) is 4.39 Å². The molecule has 1 heterocycles. The summed E-state index contributed by atoms with van der Waals surface area (Å²) in [5.41, 5.74) is 0.756. The van der Waals surface area contributed by atoms with Gasteiger partial charge in [0.2, 0.25) is 5.91 Å². The minimum Gasteiger partial charge on any atom is -0.465 e. The van der Waals surface area contributed by atoms with Crippen LogP contribution in [0.25, 0.3) is 10.2 Å². The minimum absolute atomic E-state index is 0.00933.